The zero-order valence-corrected chi connectivity index (χ0v) is 13.8. The van der Waals surface area contributed by atoms with Gasteiger partial charge in [-0.25, -0.2) is 9.67 Å². The fourth-order valence-corrected chi connectivity index (χ4v) is 3.39. The lowest BCUT2D eigenvalue weighted by molar-refractivity contribution is 0.0565. The first-order valence-electron chi connectivity index (χ1n) is 8.57. The molecule has 1 aromatic carbocycles. The maximum atomic E-state index is 10.5. The van der Waals surface area contributed by atoms with Crippen molar-refractivity contribution in [2.45, 2.75) is 45.4 Å². The van der Waals surface area contributed by atoms with E-state index in [1.807, 2.05) is 22.9 Å². The third-order valence-corrected chi connectivity index (χ3v) is 4.82. The second-order valence-electron chi connectivity index (χ2n) is 6.36. The van der Waals surface area contributed by atoms with Gasteiger partial charge in [-0.3, -0.25) is 4.90 Å². The first-order valence-corrected chi connectivity index (χ1v) is 8.57. The number of aryl methyl sites for hydroxylation is 1. The molecule has 0 bridgehead atoms. The summed E-state index contributed by atoms with van der Waals surface area (Å²) in [5.41, 5.74) is 1.22. The number of rotatable bonds is 6. The molecular weight excluding hydrogens is 288 g/mol. The van der Waals surface area contributed by atoms with Crippen molar-refractivity contribution in [3.8, 4) is 0 Å². The van der Waals surface area contributed by atoms with Crippen LogP contribution in [0.25, 0.3) is 0 Å². The number of hydrogen-bond acceptors (Lipinski definition) is 4. The molecule has 2 aromatic rings. The molecule has 5 nitrogen and oxygen atoms in total. The number of aliphatic hydroxyl groups is 1. The molecule has 1 saturated heterocycles. The van der Waals surface area contributed by atoms with Crippen LogP contribution in [-0.2, 0) is 19.5 Å². The van der Waals surface area contributed by atoms with Gasteiger partial charge in [0, 0.05) is 6.54 Å². The molecule has 124 valence electrons. The highest BCUT2D eigenvalue weighted by Gasteiger charge is 2.26. The van der Waals surface area contributed by atoms with Gasteiger partial charge >= 0.3 is 0 Å². The molecule has 0 aliphatic carbocycles. The molecule has 1 atom stereocenters. The van der Waals surface area contributed by atoms with Gasteiger partial charge in [0.05, 0.1) is 12.6 Å². The van der Waals surface area contributed by atoms with E-state index in [-0.39, 0.29) is 6.10 Å². The standard InChI is InChI=1S/C18H26N4O/c1-2-22-18(19-14-20-22)13-21-10-8-16(9-11-21)17(23)12-15-6-4-3-5-7-15/h3-7,14,16-17,23H,2,8-13H2,1H3. The molecule has 1 aromatic heterocycles. The number of aromatic nitrogens is 3. The van der Waals surface area contributed by atoms with Crippen molar-refractivity contribution in [1.29, 1.82) is 0 Å². The second-order valence-corrected chi connectivity index (χ2v) is 6.36. The van der Waals surface area contributed by atoms with Crippen LogP contribution in [0.2, 0.25) is 0 Å². The van der Waals surface area contributed by atoms with Crippen LogP contribution in [0.15, 0.2) is 36.7 Å². The van der Waals surface area contributed by atoms with E-state index >= 15 is 0 Å². The van der Waals surface area contributed by atoms with E-state index in [0.29, 0.717) is 5.92 Å². The fraction of sp³-hybridized carbons (Fsp3) is 0.556. The van der Waals surface area contributed by atoms with Crippen LogP contribution in [0.3, 0.4) is 0 Å². The lowest BCUT2D eigenvalue weighted by Gasteiger charge is -2.34. The van der Waals surface area contributed by atoms with Gasteiger partial charge < -0.3 is 5.11 Å². The first kappa shape index (κ1) is 16.1. The van der Waals surface area contributed by atoms with Gasteiger partial charge in [0.2, 0.25) is 0 Å². The highest BCUT2D eigenvalue weighted by atomic mass is 16.3. The molecule has 3 rings (SSSR count). The van der Waals surface area contributed by atoms with Crippen LogP contribution in [0, 0.1) is 5.92 Å². The summed E-state index contributed by atoms with van der Waals surface area (Å²) in [6.07, 6.45) is 4.26. The second kappa shape index (κ2) is 7.70. The SMILES string of the molecule is CCn1ncnc1CN1CCC(C(O)Cc2ccccc2)CC1. The zero-order valence-electron chi connectivity index (χ0n) is 13.8. The van der Waals surface area contributed by atoms with Gasteiger partial charge in [-0.05, 0) is 50.8 Å². The number of hydrogen-bond donors (Lipinski definition) is 1. The molecule has 0 amide bonds. The molecule has 5 heteroatoms. The Labute approximate surface area is 138 Å². The quantitative estimate of drug-likeness (QED) is 0.887. The van der Waals surface area contributed by atoms with Gasteiger partial charge in [0.1, 0.15) is 12.2 Å². The summed E-state index contributed by atoms with van der Waals surface area (Å²) in [7, 11) is 0. The van der Waals surface area contributed by atoms with E-state index in [0.717, 1.165) is 51.3 Å². The Morgan fingerprint density at radius 1 is 1.22 bits per heavy atom. The first-order chi connectivity index (χ1) is 11.3. The van der Waals surface area contributed by atoms with Crippen molar-refractivity contribution < 1.29 is 5.11 Å². The molecule has 1 N–H and O–H groups in total. The summed E-state index contributed by atoms with van der Waals surface area (Å²) in [5.74, 6) is 1.44. The fourth-order valence-electron chi connectivity index (χ4n) is 3.39. The van der Waals surface area contributed by atoms with Gasteiger partial charge in [-0.2, -0.15) is 5.10 Å². The summed E-state index contributed by atoms with van der Waals surface area (Å²) in [5, 5.41) is 14.7. The Morgan fingerprint density at radius 3 is 2.65 bits per heavy atom. The number of benzene rings is 1. The molecular formula is C18H26N4O. The third-order valence-electron chi connectivity index (χ3n) is 4.82. The Hall–Kier alpha value is -1.72. The van der Waals surface area contributed by atoms with Crippen LogP contribution < -0.4 is 0 Å². The van der Waals surface area contributed by atoms with E-state index in [1.165, 1.54) is 5.56 Å². The maximum absolute atomic E-state index is 10.5. The lowest BCUT2D eigenvalue weighted by Crippen LogP contribution is -2.38. The van der Waals surface area contributed by atoms with Crippen molar-refractivity contribution in [2.75, 3.05) is 13.1 Å². The van der Waals surface area contributed by atoms with E-state index in [2.05, 4.69) is 34.0 Å². The summed E-state index contributed by atoms with van der Waals surface area (Å²) in [4.78, 5) is 6.77. The van der Waals surface area contributed by atoms with Gasteiger partial charge in [-0.1, -0.05) is 30.3 Å². The van der Waals surface area contributed by atoms with Gasteiger partial charge in [0.25, 0.3) is 0 Å². The van der Waals surface area contributed by atoms with E-state index < -0.39 is 0 Å². The Balaban J connectivity index is 1.48. The normalized spacial score (nSPS) is 18.2. The lowest BCUT2D eigenvalue weighted by atomic mass is 9.88. The highest BCUT2D eigenvalue weighted by Crippen LogP contribution is 2.23. The molecule has 1 aliphatic rings. The van der Waals surface area contributed by atoms with Crippen molar-refractivity contribution in [2.24, 2.45) is 5.92 Å². The van der Waals surface area contributed by atoms with Gasteiger partial charge in [0.15, 0.2) is 0 Å². The minimum atomic E-state index is -0.237. The van der Waals surface area contributed by atoms with Crippen LogP contribution in [0.5, 0.6) is 0 Å². The van der Waals surface area contributed by atoms with Crippen molar-refractivity contribution in [3.63, 3.8) is 0 Å². The van der Waals surface area contributed by atoms with Crippen LogP contribution in [0.4, 0.5) is 0 Å². The number of piperidine rings is 1. The topological polar surface area (TPSA) is 54.2 Å². The predicted octanol–water partition coefficient (Wildman–Crippen LogP) is 2.11. The monoisotopic (exact) mass is 314 g/mol. The number of aliphatic hydroxyl groups excluding tert-OH is 1. The summed E-state index contributed by atoms with van der Waals surface area (Å²) in [6, 6.07) is 10.3. The largest absolute Gasteiger partial charge is 0.392 e. The smallest absolute Gasteiger partial charge is 0.140 e. The van der Waals surface area contributed by atoms with E-state index in [9.17, 15) is 5.11 Å². The van der Waals surface area contributed by atoms with E-state index in [4.69, 9.17) is 0 Å². The van der Waals surface area contributed by atoms with Crippen molar-refractivity contribution in [1.82, 2.24) is 19.7 Å². The predicted molar refractivity (Wildman–Crippen MR) is 89.8 cm³/mol. The third kappa shape index (κ3) is 4.18. The molecule has 0 saturated carbocycles. The van der Waals surface area contributed by atoms with E-state index in [1.54, 1.807) is 6.33 Å². The average Bonchev–Trinajstić information content (AvgIpc) is 3.03. The van der Waals surface area contributed by atoms with Crippen LogP contribution >= 0.6 is 0 Å². The summed E-state index contributed by atoms with van der Waals surface area (Å²) in [6.45, 7) is 5.85. The molecule has 1 unspecified atom stereocenters. The van der Waals surface area contributed by atoms with Crippen molar-refractivity contribution >= 4 is 0 Å². The number of likely N-dealkylation sites (tertiary alicyclic amines) is 1. The highest BCUT2D eigenvalue weighted by molar-refractivity contribution is 5.15. The molecule has 23 heavy (non-hydrogen) atoms. The Kier molecular flexibility index (Phi) is 5.41. The summed E-state index contributed by atoms with van der Waals surface area (Å²) >= 11 is 0. The Bertz CT molecular complexity index is 590. The molecule has 0 radical (unpaired) electrons. The average molecular weight is 314 g/mol. The van der Waals surface area contributed by atoms with Crippen molar-refractivity contribution in [3.05, 3.63) is 48.0 Å². The Morgan fingerprint density at radius 2 is 1.96 bits per heavy atom. The molecule has 1 aliphatic heterocycles. The minimum absolute atomic E-state index is 0.237. The zero-order chi connectivity index (χ0) is 16.1. The number of nitrogens with zero attached hydrogens (tertiary/aromatic N) is 4. The molecule has 1 fully saturated rings. The summed E-state index contributed by atoms with van der Waals surface area (Å²) < 4.78 is 1.95. The van der Waals surface area contributed by atoms with Crippen LogP contribution in [0.1, 0.15) is 31.2 Å². The molecule has 2 heterocycles. The van der Waals surface area contributed by atoms with Gasteiger partial charge in [-0.15, -0.1) is 0 Å². The maximum Gasteiger partial charge on any atom is 0.140 e. The molecule has 0 spiro atoms. The minimum Gasteiger partial charge on any atom is -0.392 e. The van der Waals surface area contributed by atoms with Crippen LogP contribution in [-0.4, -0.2) is 44.0 Å².